The van der Waals surface area contributed by atoms with Crippen LogP contribution in [0.5, 0.6) is 0 Å². The highest BCUT2D eigenvalue weighted by Crippen LogP contribution is 2.25. The van der Waals surface area contributed by atoms with Crippen molar-refractivity contribution in [3.8, 4) is 0 Å². The van der Waals surface area contributed by atoms with Crippen molar-refractivity contribution in [3.05, 3.63) is 23.2 Å². The van der Waals surface area contributed by atoms with Gasteiger partial charge in [0.2, 0.25) is 5.91 Å². The van der Waals surface area contributed by atoms with E-state index in [-0.39, 0.29) is 11.8 Å². The van der Waals surface area contributed by atoms with Crippen molar-refractivity contribution in [1.82, 2.24) is 0 Å². The lowest BCUT2D eigenvalue weighted by Gasteiger charge is -2.13. The first-order chi connectivity index (χ1) is 8.97. The van der Waals surface area contributed by atoms with Crippen molar-refractivity contribution in [3.63, 3.8) is 0 Å². The Morgan fingerprint density at radius 3 is 2.63 bits per heavy atom. The Kier molecular flexibility index (Phi) is 5.79. The first kappa shape index (κ1) is 15.5. The summed E-state index contributed by atoms with van der Waals surface area (Å²) in [5, 5.41) is 5.74. The largest absolute Gasteiger partial charge is 0.372 e. The molecule has 0 fully saturated rings. The molecule has 1 rings (SSSR count). The van der Waals surface area contributed by atoms with E-state index < -0.39 is 6.10 Å². The fraction of sp³-hybridized carbons (Fsp3) is 0.385. The van der Waals surface area contributed by atoms with Gasteiger partial charge in [0.15, 0.2) is 0 Å². The van der Waals surface area contributed by atoms with Gasteiger partial charge in [-0.3, -0.25) is 9.59 Å². The smallest absolute Gasteiger partial charge is 0.253 e. The van der Waals surface area contributed by atoms with Crippen LogP contribution in [0.2, 0.25) is 5.02 Å². The third-order valence-corrected chi connectivity index (χ3v) is 2.88. The summed E-state index contributed by atoms with van der Waals surface area (Å²) >= 11 is 5.99. The van der Waals surface area contributed by atoms with Gasteiger partial charge >= 0.3 is 0 Å². The summed E-state index contributed by atoms with van der Waals surface area (Å²) < 4.78 is 4.91. The Labute approximate surface area is 117 Å². The molecule has 0 aliphatic rings. The van der Waals surface area contributed by atoms with Crippen LogP contribution in [-0.2, 0) is 14.3 Å². The molecule has 6 heteroatoms. The molecule has 0 bridgehead atoms. The van der Waals surface area contributed by atoms with Crippen molar-refractivity contribution >= 4 is 34.8 Å². The van der Waals surface area contributed by atoms with E-state index in [2.05, 4.69) is 10.6 Å². The van der Waals surface area contributed by atoms with Gasteiger partial charge in [-0.15, -0.1) is 0 Å². The van der Waals surface area contributed by atoms with Crippen molar-refractivity contribution < 1.29 is 14.3 Å². The number of nitrogens with one attached hydrogen (secondary N) is 2. The molecule has 0 aliphatic carbocycles. The number of anilines is 2. The number of carbonyl (C=O) groups is 2. The topological polar surface area (TPSA) is 67.4 Å². The van der Waals surface area contributed by atoms with Gasteiger partial charge in [0, 0.05) is 19.2 Å². The number of halogens is 1. The monoisotopic (exact) mass is 284 g/mol. The maximum absolute atomic E-state index is 11.7. The molecule has 1 atom stereocenters. The SMILES string of the molecule is CCC(=O)Nc1ccc(Cl)c(NC(=O)C(C)OC)c1. The fourth-order valence-corrected chi connectivity index (χ4v) is 1.45. The first-order valence-electron chi connectivity index (χ1n) is 5.91. The van der Waals surface area contributed by atoms with Gasteiger partial charge in [-0.05, 0) is 25.1 Å². The molecule has 2 amide bonds. The second-order valence-corrected chi connectivity index (χ2v) is 4.37. The zero-order valence-corrected chi connectivity index (χ0v) is 11.9. The standard InChI is InChI=1S/C13H17ClN2O3/c1-4-12(17)15-9-5-6-10(14)11(7-9)16-13(18)8(2)19-3/h5-8H,4H2,1-3H3,(H,15,17)(H,16,18). The summed E-state index contributed by atoms with van der Waals surface area (Å²) in [5.41, 5.74) is 1.01. The number of hydrogen-bond acceptors (Lipinski definition) is 3. The Morgan fingerprint density at radius 2 is 2.05 bits per heavy atom. The lowest BCUT2D eigenvalue weighted by atomic mass is 10.2. The summed E-state index contributed by atoms with van der Waals surface area (Å²) in [6.45, 7) is 3.39. The lowest BCUT2D eigenvalue weighted by molar-refractivity contribution is -0.124. The van der Waals surface area contributed by atoms with Gasteiger partial charge < -0.3 is 15.4 Å². The number of carbonyl (C=O) groups excluding carboxylic acids is 2. The number of ether oxygens (including phenoxy) is 1. The Balaban J connectivity index is 2.85. The summed E-state index contributed by atoms with van der Waals surface area (Å²) in [7, 11) is 1.45. The number of amides is 2. The van der Waals surface area contributed by atoms with Gasteiger partial charge in [0.05, 0.1) is 10.7 Å². The maximum Gasteiger partial charge on any atom is 0.253 e. The molecule has 104 valence electrons. The Bertz CT molecular complexity index is 477. The molecule has 1 unspecified atom stereocenters. The number of benzene rings is 1. The molecule has 5 nitrogen and oxygen atoms in total. The van der Waals surface area contributed by atoms with E-state index >= 15 is 0 Å². The highest BCUT2D eigenvalue weighted by atomic mass is 35.5. The van der Waals surface area contributed by atoms with Crippen LogP contribution in [0.4, 0.5) is 11.4 Å². The predicted molar refractivity (Wildman–Crippen MR) is 75.5 cm³/mol. The van der Waals surface area contributed by atoms with Crippen LogP contribution in [-0.4, -0.2) is 25.0 Å². The summed E-state index contributed by atoms with van der Waals surface area (Å²) in [6, 6.07) is 4.89. The number of rotatable bonds is 5. The van der Waals surface area contributed by atoms with E-state index in [1.54, 1.807) is 32.0 Å². The Morgan fingerprint density at radius 1 is 1.37 bits per heavy atom. The molecule has 0 aliphatic heterocycles. The van der Waals surface area contributed by atoms with Gasteiger partial charge in [-0.2, -0.15) is 0 Å². The van der Waals surface area contributed by atoms with Crippen LogP contribution < -0.4 is 10.6 Å². The molecular weight excluding hydrogens is 268 g/mol. The molecule has 0 saturated carbocycles. The van der Waals surface area contributed by atoms with Crippen LogP contribution in [0.25, 0.3) is 0 Å². The van der Waals surface area contributed by atoms with Gasteiger partial charge in [-0.25, -0.2) is 0 Å². The predicted octanol–water partition coefficient (Wildman–Crippen LogP) is 2.66. The molecule has 1 aromatic rings. The van der Waals surface area contributed by atoms with Crippen LogP contribution >= 0.6 is 11.6 Å². The zero-order chi connectivity index (χ0) is 14.4. The molecule has 0 heterocycles. The van der Waals surface area contributed by atoms with Crippen LogP contribution in [0.15, 0.2) is 18.2 Å². The Hall–Kier alpha value is -1.59. The third-order valence-electron chi connectivity index (χ3n) is 2.55. The average Bonchev–Trinajstić information content (AvgIpc) is 2.41. The zero-order valence-electron chi connectivity index (χ0n) is 11.1. The van der Waals surface area contributed by atoms with E-state index in [0.717, 1.165) is 0 Å². The highest BCUT2D eigenvalue weighted by Gasteiger charge is 2.13. The summed E-state index contributed by atoms with van der Waals surface area (Å²) in [5.74, 6) is -0.409. The lowest BCUT2D eigenvalue weighted by Crippen LogP contribution is -2.26. The van der Waals surface area contributed by atoms with Crippen molar-refractivity contribution in [2.45, 2.75) is 26.4 Å². The molecule has 0 aromatic heterocycles. The highest BCUT2D eigenvalue weighted by molar-refractivity contribution is 6.33. The first-order valence-corrected chi connectivity index (χ1v) is 6.28. The molecule has 1 aromatic carbocycles. The molecule has 19 heavy (non-hydrogen) atoms. The third kappa shape index (κ3) is 4.54. The second kappa shape index (κ2) is 7.11. The molecule has 0 radical (unpaired) electrons. The molecule has 0 spiro atoms. The van der Waals surface area contributed by atoms with Crippen molar-refractivity contribution in [1.29, 1.82) is 0 Å². The second-order valence-electron chi connectivity index (χ2n) is 3.96. The fourth-order valence-electron chi connectivity index (χ4n) is 1.29. The minimum absolute atomic E-state index is 0.107. The van der Waals surface area contributed by atoms with E-state index in [1.807, 2.05) is 0 Å². The number of methoxy groups -OCH3 is 1. The van der Waals surface area contributed by atoms with Gasteiger partial charge in [0.1, 0.15) is 6.10 Å². The molecule has 2 N–H and O–H groups in total. The number of hydrogen-bond donors (Lipinski definition) is 2. The molecular formula is C13H17ClN2O3. The van der Waals surface area contributed by atoms with Gasteiger partial charge in [-0.1, -0.05) is 18.5 Å². The summed E-state index contributed by atoms with van der Waals surface area (Å²) in [4.78, 5) is 23.0. The van der Waals surface area contributed by atoms with E-state index in [9.17, 15) is 9.59 Å². The van der Waals surface area contributed by atoms with Crippen LogP contribution in [0.3, 0.4) is 0 Å². The molecule has 0 saturated heterocycles. The maximum atomic E-state index is 11.7. The van der Waals surface area contributed by atoms with E-state index in [4.69, 9.17) is 16.3 Å². The van der Waals surface area contributed by atoms with E-state index in [1.165, 1.54) is 7.11 Å². The average molecular weight is 285 g/mol. The van der Waals surface area contributed by atoms with Crippen molar-refractivity contribution in [2.75, 3.05) is 17.7 Å². The van der Waals surface area contributed by atoms with E-state index in [0.29, 0.717) is 22.8 Å². The van der Waals surface area contributed by atoms with Gasteiger partial charge in [0.25, 0.3) is 5.91 Å². The minimum Gasteiger partial charge on any atom is -0.372 e. The van der Waals surface area contributed by atoms with Crippen LogP contribution in [0, 0.1) is 0 Å². The minimum atomic E-state index is -0.579. The normalized spacial score (nSPS) is 11.8. The summed E-state index contributed by atoms with van der Waals surface area (Å²) in [6.07, 6.45) is -0.199. The quantitative estimate of drug-likeness (QED) is 0.873. The van der Waals surface area contributed by atoms with Crippen molar-refractivity contribution in [2.24, 2.45) is 0 Å². The van der Waals surface area contributed by atoms with Crippen LogP contribution in [0.1, 0.15) is 20.3 Å².